The van der Waals surface area contributed by atoms with E-state index < -0.39 is 0 Å². The molecule has 0 aliphatic heterocycles. The molecule has 0 aliphatic carbocycles. The summed E-state index contributed by atoms with van der Waals surface area (Å²) in [5.41, 5.74) is 0.849. The van der Waals surface area contributed by atoms with E-state index in [4.69, 9.17) is 0 Å². The molecule has 0 radical (unpaired) electrons. The summed E-state index contributed by atoms with van der Waals surface area (Å²) in [4.78, 5) is 13.3. The number of aldehydes is 1. The number of hydrogen-bond donors (Lipinski definition) is 0. The highest BCUT2D eigenvalue weighted by Crippen LogP contribution is 2.20. The summed E-state index contributed by atoms with van der Waals surface area (Å²) in [5, 5.41) is 0. The van der Waals surface area contributed by atoms with E-state index in [1.807, 2.05) is 37.2 Å². The molecular formula is C13H19NO. The molecule has 1 atom stereocenters. The van der Waals surface area contributed by atoms with Gasteiger partial charge in [0.25, 0.3) is 0 Å². The SMILES string of the molecule is CCC(C=O)(Cc1ccccc1)N(C)C. The molecule has 1 rings (SSSR count). The molecule has 0 N–H and O–H groups in total. The van der Waals surface area contributed by atoms with Crippen LogP contribution in [-0.2, 0) is 11.2 Å². The van der Waals surface area contributed by atoms with Gasteiger partial charge in [0.05, 0.1) is 5.54 Å². The number of hydrogen-bond acceptors (Lipinski definition) is 2. The van der Waals surface area contributed by atoms with Crippen LogP contribution in [0.5, 0.6) is 0 Å². The van der Waals surface area contributed by atoms with Crippen LogP contribution in [0.2, 0.25) is 0 Å². The molecule has 0 spiro atoms. The average Bonchev–Trinajstić information content (AvgIpc) is 2.27. The van der Waals surface area contributed by atoms with Crippen LogP contribution >= 0.6 is 0 Å². The summed E-state index contributed by atoms with van der Waals surface area (Å²) < 4.78 is 0. The van der Waals surface area contributed by atoms with Crippen molar-refractivity contribution in [1.82, 2.24) is 4.90 Å². The van der Waals surface area contributed by atoms with Crippen molar-refractivity contribution in [2.24, 2.45) is 0 Å². The Kier molecular flexibility index (Phi) is 4.04. The molecule has 82 valence electrons. The number of benzene rings is 1. The second-order valence-corrected chi connectivity index (χ2v) is 4.13. The van der Waals surface area contributed by atoms with Gasteiger partial charge in [-0.25, -0.2) is 0 Å². The highest BCUT2D eigenvalue weighted by molar-refractivity contribution is 5.65. The van der Waals surface area contributed by atoms with E-state index in [2.05, 4.69) is 19.1 Å². The molecule has 0 aromatic heterocycles. The van der Waals surface area contributed by atoms with E-state index in [0.717, 1.165) is 19.1 Å². The second-order valence-electron chi connectivity index (χ2n) is 4.13. The van der Waals surface area contributed by atoms with Gasteiger partial charge in [-0.2, -0.15) is 0 Å². The van der Waals surface area contributed by atoms with Gasteiger partial charge in [-0.15, -0.1) is 0 Å². The summed E-state index contributed by atoms with van der Waals surface area (Å²) in [6.07, 6.45) is 2.68. The van der Waals surface area contributed by atoms with Crippen LogP contribution < -0.4 is 0 Å². The monoisotopic (exact) mass is 205 g/mol. The van der Waals surface area contributed by atoms with Crippen molar-refractivity contribution in [2.75, 3.05) is 14.1 Å². The van der Waals surface area contributed by atoms with Crippen LogP contribution in [0.1, 0.15) is 18.9 Å². The molecule has 2 heteroatoms. The molecule has 1 aromatic rings. The van der Waals surface area contributed by atoms with Crippen LogP contribution in [0.4, 0.5) is 0 Å². The Bertz CT molecular complexity index is 308. The Morgan fingerprint density at radius 1 is 1.27 bits per heavy atom. The predicted molar refractivity (Wildman–Crippen MR) is 62.9 cm³/mol. The van der Waals surface area contributed by atoms with E-state index in [1.54, 1.807) is 0 Å². The van der Waals surface area contributed by atoms with Crippen LogP contribution in [0.15, 0.2) is 30.3 Å². The molecule has 1 unspecified atom stereocenters. The lowest BCUT2D eigenvalue weighted by atomic mass is 9.88. The Balaban J connectivity index is 2.89. The fourth-order valence-electron chi connectivity index (χ4n) is 1.78. The van der Waals surface area contributed by atoms with Gasteiger partial charge in [0.2, 0.25) is 0 Å². The zero-order valence-electron chi connectivity index (χ0n) is 9.73. The van der Waals surface area contributed by atoms with E-state index in [9.17, 15) is 4.79 Å². The third-order valence-electron chi connectivity index (χ3n) is 3.08. The molecule has 0 saturated carbocycles. The van der Waals surface area contributed by atoms with Crippen molar-refractivity contribution < 1.29 is 4.79 Å². The van der Waals surface area contributed by atoms with Crippen molar-refractivity contribution in [3.63, 3.8) is 0 Å². The summed E-state index contributed by atoms with van der Waals surface area (Å²) in [6, 6.07) is 10.1. The largest absolute Gasteiger partial charge is 0.301 e. The minimum Gasteiger partial charge on any atom is -0.301 e. The first-order valence-corrected chi connectivity index (χ1v) is 5.32. The number of nitrogens with zero attached hydrogens (tertiary/aromatic N) is 1. The van der Waals surface area contributed by atoms with Crippen molar-refractivity contribution in [2.45, 2.75) is 25.3 Å². The standard InChI is InChI=1S/C13H19NO/c1-4-13(11-15,14(2)3)10-12-8-6-5-7-9-12/h5-9,11H,4,10H2,1-3H3. The third-order valence-corrected chi connectivity index (χ3v) is 3.08. The maximum Gasteiger partial charge on any atom is 0.140 e. The lowest BCUT2D eigenvalue weighted by Crippen LogP contribution is -2.47. The van der Waals surface area contributed by atoms with Gasteiger partial charge in [0, 0.05) is 0 Å². The van der Waals surface area contributed by atoms with Crippen LogP contribution in [0.3, 0.4) is 0 Å². The Morgan fingerprint density at radius 3 is 2.27 bits per heavy atom. The van der Waals surface area contributed by atoms with Crippen LogP contribution in [0.25, 0.3) is 0 Å². The highest BCUT2D eigenvalue weighted by Gasteiger charge is 2.30. The molecular weight excluding hydrogens is 186 g/mol. The van der Waals surface area contributed by atoms with Gasteiger partial charge in [-0.1, -0.05) is 37.3 Å². The highest BCUT2D eigenvalue weighted by atomic mass is 16.1. The summed E-state index contributed by atoms with van der Waals surface area (Å²) in [5.74, 6) is 0. The van der Waals surface area contributed by atoms with Crippen molar-refractivity contribution in [1.29, 1.82) is 0 Å². The van der Waals surface area contributed by atoms with Gasteiger partial charge < -0.3 is 4.79 Å². The van der Waals surface area contributed by atoms with Crippen LogP contribution in [-0.4, -0.2) is 30.8 Å². The Morgan fingerprint density at radius 2 is 1.87 bits per heavy atom. The van der Waals surface area contributed by atoms with Crippen molar-refractivity contribution >= 4 is 6.29 Å². The molecule has 0 bridgehead atoms. The minimum atomic E-state index is -0.360. The zero-order chi connectivity index (χ0) is 11.3. The van der Waals surface area contributed by atoms with E-state index in [1.165, 1.54) is 5.56 Å². The quantitative estimate of drug-likeness (QED) is 0.686. The zero-order valence-corrected chi connectivity index (χ0v) is 9.73. The Hall–Kier alpha value is -1.15. The molecule has 2 nitrogen and oxygen atoms in total. The summed E-state index contributed by atoms with van der Waals surface area (Å²) in [6.45, 7) is 2.05. The molecule has 0 fully saturated rings. The molecule has 0 heterocycles. The third kappa shape index (κ3) is 2.66. The summed E-state index contributed by atoms with van der Waals surface area (Å²) in [7, 11) is 3.92. The number of carbonyl (C=O) groups excluding carboxylic acids is 1. The molecule has 1 aromatic carbocycles. The van der Waals surface area contributed by atoms with Crippen molar-refractivity contribution in [3.05, 3.63) is 35.9 Å². The predicted octanol–water partition coefficient (Wildman–Crippen LogP) is 2.14. The topological polar surface area (TPSA) is 20.3 Å². The number of carbonyl (C=O) groups is 1. The van der Waals surface area contributed by atoms with Gasteiger partial charge in [-0.3, -0.25) is 4.90 Å². The molecule has 15 heavy (non-hydrogen) atoms. The summed E-state index contributed by atoms with van der Waals surface area (Å²) >= 11 is 0. The van der Waals surface area contributed by atoms with Gasteiger partial charge >= 0.3 is 0 Å². The lowest BCUT2D eigenvalue weighted by molar-refractivity contribution is -0.117. The van der Waals surface area contributed by atoms with E-state index >= 15 is 0 Å². The number of likely N-dealkylation sites (N-methyl/N-ethyl adjacent to an activating group) is 1. The fourth-order valence-corrected chi connectivity index (χ4v) is 1.78. The first-order chi connectivity index (χ1) is 7.14. The van der Waals surface area contributed by atoms with E-state index in [0.29, 0.717) is 0 Å². The van der Waals surface area contributed by atoms with Gasteiger partial charge in [-0.05, 0) is 32.5 Å². The fraction of sp³-hybridized carbons (Fsp3) is 0.462. The van der Waals surface area contributed by atoms with Gasteiger partial charge in [0.15, 0.2) is 0 Å². The normalized spacial score (nSPS) is 14.9. The second kappa shape index (κ2) is 5.08. The average molecular weight is 205 g/mol. The van der Waals surface area contributed by atoms with Gasteiger partial charge in [0.1, 0.15) is 6.29 Å². The molecule has 0 amide bonds. The first-order valence-electron chi connectivity index (χ1n) is 5.32. The molecule has 0 aliphatic rings. The van der Waals surface area contributed by atoms with E-state index in [-0.39, 0.29) is 5.54 Å². The maximum atomic E-state index is 11.3. The Labute approximate surface area is 91.9 Å². The lowest BCUT2D eigenvalue weighted by Gasteiger charge is -2.34. The smallest absolute Gasteiger partial charge is 0.140 e. The molecule has 0 saturated heterocycles. The van der Waals surface area contributed by atoms with Crippen molar-refractivity contribution in [3.8, 4) is 0 Å². The van der Waals surface area contributed by atoms with Crippen LogP contribution in [0, 0.1) is 0 Å². The minimum absolute atomic E-state index is 0.360. The first kappa shape index (κ1) is 11.9. The number of rotatable bonds is 5. The maximum absolute atomic E-state index is 11.3.